The first-order valence-corrected chi connectivity index (χ1v) is 7.66. The fraction of sp³-hybridized carbons (Fsp3) is 0.800. The molecule has 0 aromatic heterocycles. The number of primary amides is 1. The number of hydrogen-bond acceptors (Lipinski definition) is 3. The molecule has 0 aromatic rings. The van der Waals surface area contributed by atoms with Gasteiger partial charge < -0.3 is 16.4 Å². The van der Waals surface area contributed by atoms with Crippen molar-refractivity contribution in [2.45, 2.75) is 71.9 Å². The van der Waals surface area contributed by atoms with Gasteiger partial charge in [0.2, 0.25) is 17.7 Å². The van der Waals surface area contributed by atoms with Gasteiger partial charge in [0.15, 0.2) is 0 Å². The van der Waals surface area contributed by atoms with E-state index in [1.54, 1.807) is 0 Å². The Morgan fingerprint density at radius 3 is 2.10 bits per heavy atom. The molecule has 0 spiro atoms. The zero-order valence-corrected chi connectivity index (χ0v) is 13.6. The molecular weight excluding hydrogens is 270 g/mol. The van der Waals surface area contributed by atoms with Crippen molar-refractivity contribution in [3.05, 3.63) is 0 Å². The average Bonchev–Trinajstić information content (AvgIpc) is 2.38. The molecule has 0 saturated heterocycles. The molecule has 122 valence electrons. The van der Waals surface area contributed by atoms with Crippen LogP contribution in [0.1, 0.15) is 59.8 Å². The van der Waals surface area contributed by atoms with Gasteiger partial charge in [-0.05, 0) is 12.3 Å². The van der Waals surface area contributed by atoms with Crippen LogP contribution in [0.3, 0.4) is 0 Å². The summed E-state index contributed by atoms with van der Waals surface area (Å²) >= 11 is 0. The zero-order valence-electron chi connectivity index (χ0n) is 13.6. The van der Waals surface area contributed by atoms with E-state index in [4.69, 9.17) is 5.73 Å². The summed E-state index contributed by atoms with van der Waals surface area (Å²) in [7, 11) is 0. The SMILES string of the molecule is CCCCCC[C@@H](NC(=O)[C@H](NC(C)=O)C(C)C)C(N)=O. The predicted octanol–water partition coefficient (Wildman–Crippen LogP) is 1.09. The van der Waals surface area contributed by atoms with E-state index in [2.05, 4.69) is 17.6 Å². The molecule has 0 fully saturated rings. The van der Waals surface area contributed by atoms with Gasteiger partial charge in [-0.3, -0.25) is 14.4 Å². The van der Waals surface area contributed by atoms with E-state index in [1.165, 1.54) is 6.92 Å². The standard InChI is InChI=1S/C15H29N3O3/c1-5-6-7-8-9-12(14(16)20)18-15(21)13(10(2)3)17-11(4)19/h10,12-13H,5-9H2,1-4H3,(H2,16,20)(H,17,19)(H,18,21)/t12-,13-/m1/s1. The number of carbonyl (C=O) groups is 3. The maximum Gasteiger partial charge on any atom is 0.243 e. The Hall–Kier alpha value is -1.59. The van der Waals surface area contributed by atoms with Crippen LogP contribution in [0, 0.1) is 5.92 Å². The lowest BCUT2D eigenvalue weighted by molar-refractivity contribution is -0.131. The molecule has 0 saturated carbocycles. The molecule has 21 heavy (non-hydrogen) atoms. The van der Waals surface area contributed by atoms with E-state index in [-0.39, 0.29) is 17.7 Å². The van der Waals surface area contributed by atoms with Crippen molar-refractivity contribution in [1.29, 1.82) is 0 Å². The van der Waals surface area contributed by atoms with Crippen LogP contribution in [-0.2, 0) is 14.4 Å². The van der Waals surface area contributed by atoms with Crippen LogP contribution in [0.15, 0.2) is 0 Å². The first-order valence-electron chi connectivity index (χ1n) is 7.66. The molecule has 2 atom stereocenters. The monoisotopic (exact) mass is 299 g/mol. The molecule has 0 rings (SSSR count). The second kappa shape index (κ2) is 10.2. The lowest BCUT2D eigenvalue weighted by Crippen LogP contribution is -2.54. The van der Waals surface area contributed by atoms with Crippen LogP contribution >= 0.6 is 0 Å². The molecule has 3 amide bonds. The van der Waals surface area contributed by atoms with Gasteiger partial charge in [0.05, 0.1) is 0 Å². The van der Waals surface area contributed by atoms with Crippen LogP contribution in [0.5, 0.6) is 0 Å². The van der Waals surface area contributed by atoms with E-state index in [9.17, 15) is 14.4 Å². The fourth-order valence-electron chi connectivity index (χ4n) is 2.08. The van der Waals surface area contributed by atoms with Gasteiger partial charge in [-0.1, -0.05) is 46.5 Å². The third-order valence-electron chi connectivity index (χ3n) is 3.31. The van der Waals surface area contributed by atoms with E-state index >= 15 is 0 Å². The second-order valence-corrected chi connectivity index (χ2v) is 5.74. The van der Waals surface area contributed by atoms with E-state index in [0.717, 1.165) is 25.7 Å². The summed E-state index contributed by atoms with van der Waals surface area (Å²) in [5.74, 6) is -1.24. The van der Waals surface area contributed by atoms with Gasteiger partial charge in [-0.25, -0.2) is 0 Å². The van der Waals surface area contributed by atoms with Gasteiger partial charge in [-0.15, -0.1) is 0 Å². The number of hydrogen-bond donors (Lipinski definition) is 3. The molecule has 0 aliphatic heterocycles. The maximum absolute atomic E-state index is 12.2. The van der Waals surface area contributed by atoms with E-state index in [1.807, 2.05) is 13.8 Å². The first kappa shape index (κ1) is 19.4. The minimum absolute atomic E-state index is 0.0671. The molecule has 0 unspecified atom stereocenters. The lowest BCUT2D eigenvalue weighted by atomic mass is 10.0. The number of nitrogens with two attached hydrogens (primary N) is 1. The van der Waals surface area contributed by atoms with E-state index < -0.39 is 18.0 Å². The summed E-state index contributed by atoms with van der Waals surface area (Å²) in [5, 5.41) is 5.25. The highest BCUT2D eigenvalue weighted by atomic mass is 16.2. The Morgan fingerprint density at radius 2 is 1.67 bits per heavy atom. The number of nitrogens with one attached hydrogen (secondary N) is 2. The number of amides is 3. The molecule has 0 heterocycles. The Labute approximate surface area is 127 Å². The fourth-order valence-corrected chi connectivity index (χ4v) is 2.08. The van der Waals surface area contributed by atoms with Gasteiger partial charge in [0, 0.05) is 6.92 Å². The quantitative estimate of drug-likeness (QED) is 0.526. The minimum Gasteiger partial charge on any atom is -0.368 e. The first-order chi connectivity index (χ1) is 9.79. The Morgan fingerprint density at radius 1 is 1.05 bits per heavy atom. The van der Waals surface area contributed by atoms with Crippen LogP contribution in [0.4, 0.5) is 0 Å². The molecule has 0 aliphatic carbocycles. The average molecular weight is 299 g/mol. The number of rotatable bonds is 10. The molecule has 6 heteroatoms. The van der Waals surface area contributed by atoms with Gasteiger partial charge in [-0.2, -0.15) is 0 Å². The highest BCUT2D eigenvalue weighted by Gasteiger charge is 2.26. The normalized spacial score (nSPS) is 13.6. The van der Waals surface area contributed by atoms with Crippen molar-refractivity contribution >= 4 is 17.7 Å². The highest BCUT2D eigenvalue weighted by molar-refractivity contribution is 5.91. The summed E-state index contributed by atoms with van der Waals surface area (Å²) in [6.07, 6.45) is 4.58. The molecular formula is C15H29N3O3. The Kier molecular flexibility index (Phi) is 9.41. The third kappa shape index (κ3) is 8.32. The highest BCUT2D eigenvalue weighted by Crippen LogP contribution is 2.07. The molecule has 0 bridgehead atoms. The van der Waals surface area contributed by atoms with Gasteiger partial charge in [0.25, 0.3) is 0 Å². The smallest absolute Gasteiger partial charge is 0.243 e. The summed E-state index contributed by atoms with van der Waals surface area (Å²) < 4.78 is 0. The van der Waals surface area contributed by atoms with Crippen LogP contribution < -0.4 is 16.4 Å². The van der Waals surface area contributed by atoms with Crippen molar-refractivity contribution in [3.63, 3.8) is 0 Å². The van der Waals surface area contributed by atoms with Gasteiger partial charge in [0.1, 0.15) is 12.1 Å². The summed E-state index contributed by atoms with van der Waals surface area (Å²) in [6.45, 7) is 7.13. The van der Waals surface area contributed by atoms with Crippen molar-refractivity contribution in [1.82, 2.24) is 10.6 Å². The van der Waals surface area contributed by atoms with Crippen LogP contribution in [0.25, 0.3) is 0 Å². The van der Waals surface area contributed by atoms with Crippen molar-refractivity contribution in [2.24, 2.45) is 11.7 Å². The molecule has 4 N–H and O–H groups in total. The van der Waals surface area contributed by atoms with Crippen molar-refractivity contribution in [3.8, 4) is 0 Å². The third-order valence-corrected chi connectivity index (χ3v) is 3.31. The van der Waals surface area contributed by atoms with Crippen LogP contribution in [-0.4, -0.2) is 29.8 Å². The molecule has 0 radical (unpaired) electrons. The lowest BCUT2D eigenvalue weighted by Gasteiger charge is -2.24. The second-order valence-electron chi connectivity index (χ2n) is 5.74. The summed E-state index contributed by atoms with van der Waals surface area (Å²) in [6, 6.07) is -1.33. The molecule has 6 nitrogen and oxygen atoms in total. The maximum atomic E-state index is 12.2. The zero-order chi connectivity index (χ0) is 16.4. The molecule has 0 aromatic carbocycles. The van der Waals surface area contributed by atoms with Crippen molar-refractivity contribution < 1.29 is 14.4 Å². The van der Waals surface area contributed by atoms with Gasteiger partial charge >= 0.3 is 0 Å². The summed E-state index contributed by atoms with van der Waals surface area (Å²) in [5.41, 5.74) is 5.34. The predicted molar refractivity (Wildman–Crippen MR) is 82.3 cm³/mol. The Bertz CT molecular complexity index is 356. The van der Waals surface area contributed by atoms with Crippen molar-refractivity contribution in [2.75, 3.05) is 0 Å². The molecule has 0 aliphatic rings. The topological polar surface area (TPSA) is 101 Å². The van der Waals surface area contributed by atoms with E-state index in [0.29, 0.717) is 6.42 Å². The number of carbonyl (C=O) groups excluding carboxylic acids is 3. The minimum atomic E-state index is -0.677. The Balaban J connectivity index is 4.55. The van der Waals surface area contributed by atoms with Crippen LogP contribution in [0.2, 0.25) is 0 Å². The largest absolute Gasteiger partial charge is 0.368 e. The summed E-state index contributed by atoms with van der Waals surface area (Å²) in [4.78, 5) is 34.8. The number of unbranched alkanes of at least 4 members (excludes halogenated alkanes) is 3.